The molecule has 2 rings (SSSR count). The number of carbonyl (C=O) groups excluding carboxylic acids is 1. The van der Waals surface area contributed by atoms with Gasteiger partial charge >= 0.3 is 12.3 Å². The van der Waals surface area contributed by atoms with Gasteiger partial charge < -0.3 is 15.6 Å². The molecule has 188 valence electrons. The molecular weight excluding hydrogens is 593 g/mol. The van der Waals surface area contributed by atoms with Gasteiger partial charge in [-0.3, -0.25) is 4.90 Å². The lowest BCUT2D eigenvalue weighted by Crippen LogP contribution is -2.49. The summed E-state index contributed by atoms with van der Waals surface area (Å²) in [4.78, 5) is 17.9. The smallest absolute Gasteiger partial charge is 0.424 e. The zero-order chi connectivity index (χ0) is 26.3. The minimum absolute atomic E-state index is 0.0361. The molecule has 1 heterocycles. The summed E-state index contributed by atoms with van der Waals surface area (Å²) in [6.45, 7) is 5.40. The Morgan fingerprint density at radius 1 is 1.21 bits per heavy atom. The van der Waals surface area contributed by atoms with E-state index in [9.17, 15) is 27.5 Å². The van der Waals surface area contributed by atoms with Crippen LogP contribution in [0.4, 0.5) is 22.4 Å². The first kappa shape index (κ1) is 28.5. The van der Waals surface area contributed by atoms with Gasteiger partial charge in [-0.1, -0.05) is 11.6 Å². The van der Waals surface area contributed by atoms with Crippen molar-refractivity contribution in [3.63, 3.8) is 0 Å². The predicted molar refractivity (Wildman–Crippen MR) is 129 cm³/mol. The van der Waals surface area contributed by atoms with Crippen LogP contribution in [0.15, 0.2) is 30.3 Å². The van der Waals surface area contributed by atoms with Crippen molar-refractivity contribution in [1.82, 2.24) is 9.88 Å². The van der Waals surface area contributed by atoms with Gasteiger partial charge in [-0.15, -0.1) is 0 Å². The number of nitrogens with zero attached hydrogens (tertiary/aromatic N) is 2. The Morgan fingerprint density at radius 2 is 1.79 bits per heavy atom. The molecule has 2 aromatic rings. The van der Waals surface area contributed by atoms with Crippen LogP contribution in [0.1, 0.15) is 39.0 Å². The van der Waals surface area contributed by atoms with Crippen LogP contribution in [-0.2, 0) is 13.9 Å². The van der Waals surface area contributed by atoms with E-state index in [1.807, 2.05) is 22.6 Å². The van der Waals surface area contributed by atoms with Gasteiger partial charge in [0.25, 0.3) is 0 Å². The maximum atomic E-state index is 13.8. The van der Waals surface area contributed by atoms with Gasteiger partial charge in [0.15, 0.2) is 0 Å². The number of pyridine rings is 1. The van der Waals surface area contributed by atoms with Crippen LogP contribution in [-0.4, -0.2) is 46.5 Å². The minimum atomic E-state index is -5.15. The lowest BCUT2D eigenvalue weighted by molar-refractivity contribution is -0.263. The molecule has 0 spiro atoms. The van der Waals surface area contributed by atoms with Crippen LogP contribution in [0.25, 0.3) is 11.3 Å². The number of hydrogen-bond donors (Lipinski definition) is 2. The van der Waals surface area contributed by atoms with E-state index in [1.54, 1.807) is 27.7 Å². The number of amides is 1. The molecule has 12 heteroatoms. The summed E-state index contributed by atoms with van der Waals surface area (Å²) in [7, 11) is 1.42. The summed E-state index contributed by atoms with van der Waals surface area (Å²) in [5.41, 5.74) is 0.600. The van der Waals surface area contributed by atoms with E-state index in [2.05, 4.69) is 4.98 Å². The maximum Gasteiger partial charge on any atom is 0.424 e. The highest BCUT2D eigenvalue weighted by Crippen LogP contribution is 2.42. The average molecular weight is 618 g/mol. The molecule has 0 aliphatic heterocycles. The Hall–Kier alpha value is -1.70. The number of rotatable bonds is 5. The average Bonchev–Trinajstić information content (AvgIpc) is 2.72. The van der Waals surface area contributed by atoms with E-state index in [0.717, 1.165) is 12.1 Å². The standard InChI is InChI=1S/C22H25ClF4IN3O3/c1-19(2,3)34-18(32)31(5)20(4,28)13-9-16(12-6-7-15(24)14(23)8-12)30-17(10-13)21(33,11-29)22(25,26)27/h6-10,33H,11,29H2,1-5H3. The van der Waals surface area contributed by atoms with E-state index in [0.29, 0.717) is 0 Å². The SMILES string of the molecule is CN(C(=O)OC(C)(C)C)C(C)(I)c1cc(-c2ccc(F)c(Cl)c2)nc(C(O)(CN)C(F)(F)F)c1. The normalized spacial score (nSPS) is 15.9. The van der Waals surface area contributed by atoms with Crippen LogP contribution in [0.3, 0.4) is 0 Å². The van der Waals surface area contributed by atoms with E-state index in [-0.39, 0.29) is 21.8 Å². The van der Waals surface area contributed by atoms with E-state index in [1.165, 1.54) is 30.1 Å². The number of aliphatic hydroxyl groups is 1. The maximum absolute atomic E-state index is 13.8. The molecule has 0 aliphatic rings. The molecule has 1 aromatic heterocycles. The number of alkyl halides is 4. The number of ether oxygens (including phenoxy) is 1. The van der Waals surface area contributed by atoms with Crippen LogP contribution < -0.4 is 5.73 Å². The van der Waals surface area contributed by atoms with Crippen LogP contribution in [0.5, 0.6) is 0 Å². The van der Waals surface area contributed by atoms with Gasteiger partial charge in [-0.05, 0) is 86.2 Å². The van der Waals surface area contributed by atoms with Crippen LogP contribution in [0, 0.1) is 5.82 Å². The molecule has 0 radical (unpaired) electrons. The molecule has 1 aromatic carbocycles. The third-order valence-corrected chi connectivity index (χ3v) is 6.69. The minimum Gasteiger partial charge on any atom is -0.444 e. The number of aromatic nitrogens is 1. The highest BCUT2D eigenvalue weighted by atomic mass is 127. The first-order valence-corrected chi connectivity index (χ1v) is 11.4. The molecule has 0 saturated carbocycles. The number of benzene rings is 1. The summed E-state index contributed by atoms with van der Waals surface area (Å²) in [6, 6.07) is 5.98. The first-order chi connectivity index (χ1) is 15.3. The van der Waals surface area contributed by atoms with Gasteiger partial charge in [-0.25, -0.2) is 14.2 Å². The third-order valence-electron chi connectivity index (χ3n) is 5.05. The quantitative estimate of drug-likeness (QED) is 0.194. The van der Waals surface area contributed by atoms with Gasteiger partial charge in [-0.2, -0.15) is 13.2 Å². The van der Waals surface area contributed by atoms with Crippen molar-refractivity contribution in [3.8, 4) is 11.3 Å². The second-order valence-corrected chi connectivity index (χ2v) is 11.3. The van der Waals surface area contributed by atoms with Crippen molar-refractivity contribution in [2.24, 2.45) is 5.73 Å². The van der Waals surface area contributed by atoms with Crippen molar-refractivity contribution >= 4 is 40.3 Å². The van der Waals surface area contributed by atoms with Crippen molar-refractivity contribution in [3.05, 3.63) is 52.4 Å². The fourth-order valence-corrected chi connectivity index (χ4v) is 3.56. The Morgan fingerprint density at radius 3 is 2.26 bits per heavy atom. The molecule has 2 unspecified atom stereocenters. The van der Waals surface area contributed by atoms with Gasteiger partial charge in [0.2, 0.25) is 5.60 Å². The number of carbonyl (C=O) groups is 1. The molecule has 1 amide bonds. The summed E-state index contributed by atoms with van der Waals surface area (Å²) in [5, 5.41) is 10.2. The monoisotopic (exact) mass is 617 g/mol. The van der Waals surface area contributed by atoms with E-state index < -0.39 is 45.1 Å². The predicted octanol–water partition coefficient (Wildman–Crippen LogP) is 5.72. The third kappa shape index (κ3) is 5.92. The lowest BCUT2D eigenvalue weighted by atomic mass is 9.94. The zero-order valence-corrected chi connectivity index (χ0v) is 22.0. The van der Waals surface area contributed by atoms with Crippen molar-refractivity contribution in [1.29, 1.82) is 0 Å². The second kappa shape index (κ2) is 9.75. The van der Waals surface area contributed by atoms with Crippen LogP contribution >= 0.6 is 34.2 Å². The summed E-state index contributed by atoms with van der Waals surface area (Å²) in [5.74, 6) is -0.723. The van der Waals surface area contributed by atoms with Crippen molar-refractivity contribution in [2.45, 2.75) is 48.6 Å². The molecule has 3 N–H and O–H groups in total. The molecule has 34 heavy (non-hydrogen) atoms. The Bertz CT molecular complexity index is 1080. The summed E-state index contributed by atoms with van der Waals surface area (Å²) < 4.78 is 59.3. The molecule has 0 fully saturated rings. The van der Waals surface area contributed by atoms with Crippen molar-refractivity contribution in [2.75, 3.05) is 13.6 Å². The number of hydrogen-bond acceptors (Lipinski definition) is 5. The highest BCUT2D eigenvalue weighted by Gasteiger charge is 2.55. The molecular formula is C22H25ClF4IN3O3. The molecule has 0 bridgehead atoms. The molecule has 2 atom stereocenters. The summed E-state index contributed by atoms with van der Waals surface area (Å²) >= 11 is 7.73. The number of halogens is 6. The first-order valence-electron chi connectivity index (χ1n) is 9.97. The van der Waals surface area contributed by atoms with E-state index in [4.69, 9.17) is 22.1 Å². The second-order valence-electron chi connectivity index (χ2n) is 8.81. The fraction of sp³-hybridized carbons (Fsp3) is 0.455. The van der Waals surface area contributed by atoms with Gasteiger partial charge in [0.05, 0.1) is 16.4 Å². The summed E-state index contributed by atoms with van der Waals surface area (Å²) in [6.07, 6.45) is -5.87. The van der Waals surface area contributed by atoms with Crippen LogP contribution in [0.2, 0.25) is 5.02 Å². The number of nitrogens with two attached hydrogens (primary N) is 1. The van der Waals surface area contributed by atoms with Gasteiger partial charge in [0.1, 0.15) is 15.0 Å². The topological polar surface area (TPSA) is 88.7 Å². The van der Waals surface area contributed by atoms with Crippen molar-refractivity contribution < 1.29 is 32.2 Å². The Kier molecular flexibility index (Phi) is 8.18. The largest absolute Gasteiger partial charge is 0.444 e. The molecule has 6 nitrogen and oxygen atoms in total. The Balaban J connectivity index is 2.76. The van der Waals surface area contributed by atoms with E-state index >= 15 is 0 Å². The molecule has 0 saturated heterocycles. The highest BCUT2D eigenvalue weighted by molar-refractivity contribution is 14.1. The zero-order valence-electron chi connectivity index (χ0n) is 19.1. The Labute approximate surface area is 213 Å². The fourth-order valence-electron chi connectivity index (χ4n) is 2.87. The lowest BCUT2D eigenvalue weighted by Gasteiger charge is -2.37. The molecule has 0 aliphatic carbocycles. The van der Waals surface area contributed by atoms with Gasteiger partial charge in [0, 0.05) is 19.2 Å².